The Bertz CT molecular complexity index is 116. The number of ether oxygens (including phenoxy) is 1. The molecule has 1 rings (SSSR count). The van der Waals surface area contributed by atoms with Crippen LogP contribution in [0.2, 0.25) is 0 Å². The van der Waals surface area contributed by atoms with Crippen molar-refractivity contribution in [2.75, 3.05) is 13.2 Å². The Morgan fingerprint density at radius 2 is 2.36 bits per heavy atom. The average Bonchev–Trinajstić information content (AvgIpc) is 2.50. The summed E-state index contributed by atoms with van der Waals surface area (Å²) in [5, 5.41) is 0. The molecule has 1 fully saturated rings. The second-order valence-electron chi connectivity index (χ2n) is 3.57. The van der Waals surface area contributed by atoms with E-state index in [0.717, 1.165) is 18.4 Å². The van der Waals surface area contributed by atoms with Crippen LogP contribution in [0.5, 0.6) is 0 Å². The summed E-state index contributed by atoms with van der Waals surface area (Å²) in [5.41, 5.74) is 5.51. The van der Waals surface area contributed by atoms with Crippen LogP contribution in [0.3, 0.4) is 0 Å². The first kappa shape index (κ1) is 9.01. The van der Waals surface area contributed by atoms with Gasteiger partial charge in [-0.25, -0.2) is 0 Å². The van der Waals surface area contributed by atoms with Gasteiger partial charge in [0.2, 0.25) is 0 Å². The van der Waals surface area contributed by atoms with Gasteiger partial charge in [-0.3, -0.25) is 0 Å². The molecule has 0 aromatic carbocycles. The maximum atomic E-state index is 5.51. The Balaban J connectivity index is 2.29. The van der Waals surface area contributed by atoms with E-state index in [4.69, 9.17) is 10.5 Å². The van der Waals surface area contributed by atoms with E-state index in [1.165, 1.54) is 12.8 Å². The number of hydrogen-bond donors (Lipinski definition) is 1. The van der Waals surface area contributed by atoms with Gasteiger partial charge in [-0.15, -0.1) is 0 Å². The number of rotatable bonds is 3. The lowest BCUT2D eigenvalue weighted by Crippen LogP contribution is -2.19. The van der Waals surface area contributed by atoms with Crippen LogP contribution in [0.4, 0.5) is 0 Å². The molecule has 2 heteroatoms. The van der Waals surface area contributed by atoms with Crippen LogP contribution in [0.15, 0.2) is 0 Å². The molecule has 1 saturated heterocycles. The lowest BCUT2D eigenvalue weighted by molar-refractivity contribution is 0.108. The Hall–Kier alpha value is -0.0800. The third-order valence-corrected chi connectivity index (χ3v) is 2.82. The first-order valence-electron chi connectivity index (χ1n) is 4.59. The second kappa shape index (κ2) is 4.07. The molecule has 3 atom stereocenters. The summed E-state index contributed by atoms with van der Waals surface area (Å²) in [6, 6.07) is 0. The molecule has 0 amide bonds. The molecule has 1 aliphatic rings. The van der Waals surface area contributed by atoms with Gasteiger partial charge in [-0.2, -0.15) is 0 Å². The standard InChI is InChI=1S/C9H19NO/c1-3-7(2)8-4-9(5-10)11-6-8/h7-9H,3-6,10H2,1-2H3. The molecule has 2 nitrogen and oxygen atoms in total. The lowest BCUT2D eigenvalue weighted by Gasteiger charge is -2.14. The van der Waals surface area contributed by atoms with Crippen molar-refractivity contribution in [1.29, 1.82) is 0 Å². The van der Waals surface area contributed by atoms with Crippen molar-refractivity contribution in [2.45, 2.75) is 32.8 Å². The van der Waals surface area contributed by atoms with Gasteiger partial charge in [0.25, 0.3) is 0 Å². The summed E-state index contributed by atoms with van der Waals surface area (Å²) in [6.45, 7) is 6.15. The summed E-state index contributed by atoms with van der Waals surface area (Å²) in [4.78, 5) is 0. The van der Waals surface area contributed by atoms with Gasteiger partial charge < -0.3 is 10.5 Å². The molecule has 0 bridgehead atoms. The molecule has 0 saturated carbocycles. The summed E-state index contributed by atoms with van der Waals surface area (Å²) < 4.78 is 5.51. The van der Waals surface area contributed by atoms with Gasteiger partial charge in [0, 0.05) is 6.54 Å². The van der Waals surface area contributed by atoms with Crippen molar-refractivity contribution < 1.29 is 4.74 Å². The van der Waals surface area contributed by atoms with Gasteiger partial charge >= 0.3 is 0 Å². The Morgan fingerprint density at radius 3 is 2.82 bits per heavy atom. The van der Waals surface area contributed by atoms with Crippen molar-refractivity contribution in [1.82, 2.24) is 0 Å². The normalized spacial score (nSPS) is 34.1. The van der Waals surface area contributed by atoms with E-state index in [9.17, 15) is 0 Å². The van der Waals surface area contributed by atoms with Crippen molar-refractivity contribution >= 4 is 0 Å². The molecule has 0 aromatic heterocycles. The van der Waals surface area contributed by atoms with E-state index in [0.29, 0.717) is 12.6 Å². The van der Waals surface area contributed by atoms with Crippen molar-refractivity contribution in [3.8, 4) is 0 Å². The third kappa shape index (κ3) is 2.17. The van der Waals surface area contributed by atoms with Crippen LogP contribution >= 0.6 is 0 Å². The fourth-order valence-corrected chi connectivity index (χ4v) is 1.63. The van der Waals surface area contributed by atoms with E-state index < -0.39 is 0 Å². The van der Waals surface area contributed by atoms with E-state index in [1.54, 1.807) is 0 Å². The largest absolute Gasteiger partial charge is 0.377 e. The first-order valence-corrected chi connectivity index (χ1v) is 4.59. The van der Waals surface area contributed by atoms with Gasteiger partial charge in [0.15, 0.2) is 0 Å². The second-order valence-corrected chi connectivity index (χ2v) is 3.57. The van der Waals surface area contributed by atoms with Crippen LogP contribution in [0.1, 0.15) is 26.7 Å². The minimum atomic E-state index is 0.342. The highest BCUT2D eigenvalue weighted by atomic mass is 16.5. The van der Waals surface area contributed by atoms with Gasteiger partial charge in [0.1, 0.15) is 0 Å². The third-order valence-electron chi connectivity index (χ3n) is 2.82. The maximum absolute atomic E-state index is 5.51. The smallest absolute Gasteiger partial charge is 0.0701 e. The molecule has 0 spiro atoms. The topological polar surface area (TPSA) is 35.2 Å². The molecular weight excluding hydrogens is 138 g/mol. The highest BCUT2D eigenvalue weighted by molar-refractivity contribution is 4.77. The van der Waals surface area contributed by atoms with E-state index in [1.807, 2.05) is 0 Å². The zero-order valence-corrected chi connectivity index (χ0v) is 7.55. The predicted molar refractivity (Wildman–Crippen MR) is 46.4 cm³/mol. The van der Waals surface area contributed by atoms with E-state index >= 15 is 0 Å². The van der Waals surface area contributed by atoms with Gasteiger partial charge in [-0.1, -0.05) is 20.3 Å². The van der Waals surface area contributed by atoms with Crippen LogP contribution in [-0.2, 0) is 4.74 Å². The lowest BCUT2D eigenvalue weighted by atomic mass is 9.90. The van der Waals surface area contributed by atoms with Crippen molar-refractivity contribution in [3.63, 3.8) is 0 Å². The summed E-state index contributed by atoms with van der Waals surface area (Å²) in [5.74, 6) is 1.56. The molecule has 1 aliphatic heterocycles. The van der Waals surface area contributed by atoms with E-state index in [2.05, 4.69) is 13.8 Å². The van der Waals surface area contributed by atoms with Crippen LogP contribution in [0, 0.1) is 11.8 Å². The quantitative estimate of drug-likeness (QED) is 0.672. The van der Waals surface area contributed by atoms with Crippen LogP contribution in [-0.4, -0.2) is 19.3 Å². The minimum absolute atomic E-state index is 0.342. The first-order chi connectivity index (χ1) is 5.27. The van der Waals surface area contributed by atoms with Crippen molar-refractivity contribution in [2.24, 2.45) is 17.6 Å². The summed E-state index contributed by atoms with van der Waals surface area (Å²) in [6.07, 6.45) is 2.77. The zero-order valence-electron chi connectivity index (χ0n) is 7.55. The molecular formula is C9H19NO. The van der Waals surface area contributed by atoms with E-state index in [-0.39, 0.29) is 0 Å². The SMILES string of the molecule is CCC(C)C1COC(CN)C1. The van der Waals surface area contributed by atoms with Crippen LogP contribution in [0.25, 0.3) is 0 Å². The van der Waals surface area contributed by atoms with Crippen molar-refractivity contribution in [3.05, 3.63) is 0 Å². The fraction of sp³-hybridized carbons (Fsp3) is 1.00. The maximum Gasteiger partial charge on any atom is 0.0701 e. The Morgan fingerprint density at radius 1 is 1.64 bits per heavy atom. The Kier molecular flexibility index (Phi) is 3.34. The highest BCUT2D eigenvalue weighted by Crippen LogP contribution is 2.27. The molecule has 0 aliphatic carbocycles. The molecule has 3 unspecified atom stereocenters. The molecule has 2 N–H and O–H groups in total. The molecule has 1 heterocycles. The fourth-order valence-electron chi connectivity index (χ4n) is 1.63. The molecule has 66 valence electrons. The van der Waals surface area contributed by atoms with Gasteiger partial charge in [0.05, 0.1) is 12.7 Å². The minimum Gasteiger partial charge on any atom is -0.377 e. The van der Waals surface area contributed by atoms with Crippen LogP contribution < -0.4 is 5.73 Å². The monoisotopic (exact) mass is 157 g/mol. The average molecular weight is 157 g/mol. The van der Waals surface area contributed by atoms with Gasteiger partial charge in [-0.05, 0) is 18.3 Å². The number of nitrogens with two attached hydrogens (primary N) is 1. The molecule has 11 heavy (non-hydrogen) atoms. The Labute approximate surface area is 69.1 Å². The summed E-state index contributed by atoms with van der Waals surface area (Å²) >= 11 is 0. The predicted octanol–water partition coefficient (Wildman–Crippen LogP) is 1.40. The molecule has 0 aromatic rings. The molecule has 0 radical (unpaired) electrons. The number of hydrogen-bond acceptors (Lipinski definition) is 2. The zero-order chi connectivity index (χ0) is 8.27. The highest BCUT2D eigenvalue weighted by Gasteiger charge is 2.27. The summed E-state index contributed by atoms with van der Waals surface area (Å²) in [7, 11) is 0.